The molecule has 82 valence electrons. The molecule has 0 amide bonds. The number of nitrogen functional groups attached to an aromatic ring is 1. The van der Waals surface area contributed by atoms with Gasteiger partial charge in [-0.2, -0.15) is 0 Å². The summed E-state index contributed by atoms with van der Waals surface area (Å²) in [5, 5.41) is 0. The highest BCUT2D eigenvalue weighted by Gasteiger charge is 2.06. The molecule has 0 atom stereocenters. The zero-order valence-corrected chi connectivity index (χ0v) is 9.51. The highest BCUT2D eigenvalue weighted by molar-refractivity contribution is 5.63. The molecule has 1 heterocycles. The molecule has 0 saturated carbocycles. The lowest BCUT2D eigenvalue weighted by Crippen LogP contribution is -2.12. The molecule has 3 heteroatoms. The monoisotopic (exact) mass is 213 g/mol. The SMILES string of the molecule is Cc1ccccc1N(C)c1ccc(N)cn1. The van der Waals surface area contributed by atoms with Gasteiger partial charge in [0, 0.05) is 12.7 Å². The fraction of sp³-hybridized carbons (Fsp3) is 0.154. The molecule has 0 unspecified atom stereocenters. The van der Waals surface area contributed by atoms with Gasteiger partial charge in [-0.25, -0.2) is 4.98 Å². The first kappa shape index (κ1) is 10.5. The van der Waals surface area contributed by atoms with Crippen molar-refractivity contribution in [2.45, 2.75) is 6.92 Å². The first-order valence-electron chi connectivity index (χ1n) is 5.19. The van der Waals surface area contributed by atoms with E-state index in [-0.39, 0.29) is 0 Å². The molecule has 0 aliphatic rings. The van der Waals surface area contributed by atoms with E-state index in [2.05, 4.69) is 28.9 Å². The molecule has 0 radical (unpaired) electrons. The van der Waals surface area contributed by atoms with Gasteiger partial charge in [0.2, 0.25) is 0 Å². The Labute approximate surface area is 95.5 Å². The van der Waals surface area contributed by atoms with Gasteiger partial charge in [0.15, 0.2) is 0 Å². The van der Waals surface area contributed by atoms with Crippen LogP contribution in [0.25, 0.3) is 0 Å². The zero-order chi connectivity index (χ0) is 11.5. The minimum atomic E-state index is 0.682. The molecule has 2 rings (SSSR count). The second kappa shape index (κ2) is 4.23. The maximum Gasteiger partial charge on any atom is 0.132 e. The van der Waals surface area contributed by atoms with Crippen molar-refractivity contribution in [3.63, 3.8) is 0 Å². The Morgan fingerprint density at radius 3 is 2.50 bits per heavy atom. The molecule has 0 fully saturated rings. The van der Waals surface area contributed by atoms with Crippen LogP contribution in [0, 0.1) is 6.92 Å². The molecule has 1 aromatic carbocycles. The van der Waals surface area contributed by atoms with E-state index in [1.165, 1.54) is 5.56 Å². The van der Waals surface area contributed by atoms with Crippen molar-refractivity contribution in [3.05, 3.63) is 48.2 Å². The summed E-state index contributed by atoms with van der Waals surface area (Å²) in [4.78, 5) is 6.35. The van der Waals surface area contributed by atoms with Crippen molar-refractivity contribution in [1.82, 2.24) is 4.98 Å². The molecule has 0 aliphatic carbocycles. The normalized spacial score (nSPS) is 10.1. The minimum absolute atomic E-state index is 0.682. The van der Waals surface area contributed by atoms with Gasteiger partial charge in [0.05, 0.1) is 11.9 Å². The number of benzene rings is 1. The van der Waals surface area contributed by atoms with Gasteiger partial charge >= 0.3 is 0 Å². The van der Waals surface area contributed by atoms with E-state index >= 15 is 0 Å². The largest absolute Gasteiger partial charge is 0.397 e. The number of rotatable bonds is 2. The summed E-state index contributed by atoms with van der Waals surface area (Å²) in [6.45, 7) is 2.09. The van der Waals surface area contributed by atoms with E-state index in [0.29, 0.717) is 5.69 Å². The Morgan fingerprint density at radius 1 is 1.12 bits per heavy atom. The summed E-state index contributed by atoms with van der Waals surface area (Å²) in [5.41, 5.74) is 8.67. The summed E-state index contributed by atoms with van der Waals surface area (Å²) in [7, 11) is 2.00. The molecule has 0 saturated heterocycles. The molecule has 0 bridgehead atoms. The standard InChI is InChI=1S/C13H15N3/c1-10-5-3-4-6-12(10)16(2)13-8-7-11(14)9-15-13/h3-9H,14H2,1-2H3. The third kappa shape index (κ3) is 1.98. The van der Waals surface area contributed by atoms with Gasteiger partial charge in [-0.15, -0.1) is 0 Å². The number of aromatic nitrogens is 1. The smallest absolute Gasteiger partial charge is 0.132 e. The van der Waals surface area contributed by atoms with Gasteiger partial charge < -0.3 is 10.6 Å². The third-order valence-corrected chi connectivity index (χ3v) is 2.59. The Balaban J connectivity index is 2.35. The van der Waals surface area contributed by atoms with Crippen molar-refractivity contribution >= 4 is 17.2 Å². The Bertz CT molecular complexity index is 477. The van der Waals surface area contributed by atoms with E-state index in [9.17, 15) is 0 Å². The number of nitrogens with two attached hydrogens (primary N) is 1. The van der Waals surface area contributed by atoms with Crippen molar-refractivity contribution in [1.29, 1.82) is 0 Å². The number of pyridine rings is 1. The van der Waals surface area contributed by atoms with Crippen molar-refractivity contribution in [3.8, 4) is 0 Å². The van der Waals surface area contributed by atoms with Crippen LogP contribution in [0.1, 0.15) is 5.56 Å². The topological polar surface area (TPSA) is 42.1 Å². The van der Waals surface area contributed by atoms with Gasteiger partial charge in [0.1, 0.15) is 5.82 Å². The van der Waals surface area contributed by atoms with E-state index in [4.69, 9.17) is 5.73 Å². The fourth-order valence-corrected chi connectivity index (χ4v) is 1.66. The summed E-state index contributed by atoms with van der Waals surface area (Å²) < 4.78 is 0. The highest BCUT2D eigenvalue weighted by Crippen LogP contribution is 2.24. The lowest BCUT2D eigenvalue weighted by Gasteiger charge is -2.20. The molecular weight excluding hydrogens is 198 g/mol. The first-order chi connectivity index (χ1) is 7.68. The average molecular weight is 213 g/mol. The Kier molecular flexibility index (Phi) is 2.77. The maximum absolute atomic E-state index is 5.61. The first-order valence-corrected chi connectivity index (χ1v) is 5.19. The lowest BCUT2D eigenvalue weighted by atomic mass is 10.2. The van der Waals surface area contributed by atoms with Crippen LogP contribution >= 0.6 is 0 Å². The Hall–Kier alpha value is -2.03. The van der Waals surface area contributed by atoms with Crippen LogP contribution in [-0.4, -0.2) is 12.0 Å². The lowest BCUT2D eigenvalue weighted by molar-refractivity contribution is 1.12. The van der Waals surface area contributed by atoms with E-state index in [1.54, 1.807) is 6.20 Å². The number of hydrogen-bond donors (Lipinski definition) is 1. The predicted molar refractivity (Wildman–Crippen MR) is 67.9 cm³/mol. The highest BCUT2D eigenvalue weighted by atomic mass is 15.2. The van der Waals surface area contributed by atoms with Crippen LogP contribution in [0.15, 0.2) is 42.6 Å². The van der Waals surface area contributed by atoms with Gasteiger partial charge in [-0.1, -0.05) is 18.2 Å². The fourth-order valence-electron chi connectivity index (χ4n) is 1.66. The summed E-state index contributed by atoms with van der Waals surface area (Å²) in [6.07, 6.45) is 1.67. The van der Waals surface area contributed by atoms with E-state index < -0.39 is 0 Å². The van der Waals surface area contributed by atoms with Crippen LogP contribution in [0.2, 0.25) is 0 Å². The van der Waals surface area contributed by atoms with Gasteiger partial charge in [-0.05, 0) is 30.7 Å². The van der Waals surface area contributed by atoms with Crippen LogP contribution in [0.5, 0.6) is 0 Å². The number of anilines is 3. The maximum atomic E-state index is 5.61. The third-order valence-electron chi connectivity index (χ3n) is 2.59. The number of nitrogens with zero attached hydrogens (tertiary/aromatic N) is 2. The molecule has 1 aromatic heterocycles. The van der Waals surface area contributed by atoms with Crippen molar-refractivity contribution in [2.24, 2.45) is 0 Å². The van der Waals surface area contributed by atoms with Crippen molar-refractivity contribution in [2.75, 3.05) is 17.7 Å². The van der Waals surface area contributed by atoms with Gasteiger partial charge in [-0.3, -0.25) is 0 Å². The Morgan fingerprint density at radius 2 is 1.88 bits per heavy atom. The van der Waals surface area contributed by atoms with Crippen LogP contribution in [0.3, 0.4) is 0 Å². The van der Waals surface area contributed by atoms with Crippen molar-refractivity contribution < 1.29 is 0 Å². The minimum Gasteiger partial charge on any atom is -0.397 e. The molecule has 2 N–H and O–H groups in total. The second-order valence-electron chi connectivity index (χ2n) is 3.80. The van der Waals surface area contributed by atoms with E-state index in [0.717, 1.165) is 11.5 Å². The molecule has 3 nitrogen and oxygen atoms in total. The zero-order valence-electron chi connectivity index (χ0n) is 9.51. The van der Waals surface area contributed by atoms with E-state index in [1.807, 2.05) is 31.3 Å². The summed E-state index contributed by atoms with van der Waals surface area (Å²) >= 11 is 0. The molecule has 0 aliphatic heterocycles. The molecular formula is C13H15N3. The van der Waals surface area contributed by atoms with Crippen LogP contribution < -0.4 is 10.6 Å². The van der Waals surface area contributed by atoms with Crippen LogP contribution in [-0.2, 0) is 0 Å². The number of para-hydroxylation sites is 1. The number of aryl methyl sites for hydroxylation is 1. The molecule has 0 spiro atoms. The number of hydrogen-bond acceptors (Lipinski definition) is 3. The average Bonchev–Trinajstić information content (AvgIpc) is 2.30. The molecule has 16 heavy (non-hydrogen) atoms. The summed E-state index contributed by atoms with van der Waals surface area (Å²) in [6, 6.07) is 12.0. The van der Waals surface area contributed by atoms with Gasteiger partial charge in [0.25, 0.3) is 0 Å². The molecule has 2 aromatic rings. The predicted octanol–water partition coefficient (Wildman–Crippen LogP) is 2.74. The summed E-state index contributed by atoms with van der Waals surface area (Å²) in [5.74, 6) is 0.892. The second-order valence-corrected chi connectivity index (χ2v) is 3.80. The van der Waals surface area contributed by atoms with Crippen LogP contribution in [0.4, 0.5) is 17.2 Å². The quantitative estimate of drug-likeness (QED) is 0.834.